The van der Waals surface area contributed by atoms with Crippen LogP contribution in [-0.2, 0) is 0 Å². The molecule has 0 fully saturated rings. The second-order valence-electron chi connectivity index (χ2n) is 4.19. The van der Waals surface area contributed by atoms with Crippen molar-refractivity contribution in [2.24, 2.45) is 0 Å². The molecule has 0 atom stereocenters. The number of aromatic nitrogens is 1. The number of fused-ring (bicyclic) bond motifs is 1. The lowest BCUT2D eigenvalue weighted by atomic mass is 10.2. The van der Waals surface area contributed by atoms with Crippen LogP contribution in [0, 0.1) is 15.2 Å². The molecule has 0 aliphatic carbocycles. The molecule has 0 spiro atoms. The molecule has 0 unspecified atom stereocenters. The van der Waals surface area contributed by atoms with Crippen molar-refractivity contribution in [2.45, 2.75) is 0 Å². The zero-order valence-electron chi connectivity index (χ0n) is 10.4. The normalized spacial score (nSPS) is 10.8. The molecule has 106 valence electrons. The molecule has 0 saturated carbocycles. The van der Waals surface area contributed by atoms with E-state index in [4.69, 9.17) is 4.42 Å². The highest BCUT2D eigenvalue weighted by molar-refractivity contribution is 14.1. The predicted molar refractivity (Wildman–Crippen MR) is 82.6 cm³/mol. The topological polar surface area (TPSA) is 55.1 Å². The number of hydrogen-bond acceptors (Lipinski definition) is 4. The van der Waals surface area contributed by atoms with Gasteiger partial charge in [0.25, 0.3) is 0 Å². The summed E-state index contributed by atoms with van der Waals surface area (Å²) in [6.45, 7) is 0. The Balaban J connectivity index is 2.11. The van der Waals surface area contributed by atoms with Gasteiger partial charge in [-0.15, -0.1) is 0 Å². The van der Waals surface area contributed by atoms with Gasteiger partial charge >= 0.3 is 11.6 Å². The van der Waals surface area contributed by atoms with Gasteiger partial charge in [0, 0.05) is 9.64 Å². The van der Waals surface area contributed by atoms with E-state index in [9.17, 15) is 13.6 Å². The van der Waals surface area contributed by atoms with E-state index < -0.39 is 17.3 Å². The van der Waals surface area contributed by atoms with Crippen LogP contribution >= 0.6 is 22.6 Å². The van der Waals surface area contributed by atoms with Gasteiger partial charge in [-0.05, 0) is 40.8 Å². The highest BCUT2D eigenvalue weighted by Crippen LogP contribution is 2.22. The van der Waals surface area contributed by atoms with E-state index in [0.29, 0.717) is 5.69 Å². The maximum atomic E-state index is 13.2. The van der Waals surface area contributed by atoms with Crippen molar-refractivity contribution >= 4 is 45.2 Å². The number of benzene rings is 2. The molecule has 0 amide bonds. The lowest BCUT2D eigenvalue weighted by Crippen LogP contribution is -2.06. The van der Waals surface area contributed by atoms with Gasteiger partial charge in [0.1, 0.15) is 0 Å². The van der Waals surface area contributed by atoms with E-state index in [1.807, 2.05) is 12.1 Å². The maximum Gasteiger partial charge on any atom is 0.348 e. The molecule has 1 N–H and O–H groups in total. The molecule has 3 rings (SSSR count). The molecule has 2 aromatic carbocycles. The Bertz CT molecular complexity index is 896. The minimum atomic E-state index is -1.12. The second kappa shape index (κ2) is 5.40. The molecule has 1 heterocycles. The monoisotopic (exact) mass is 400 g/mol. The lowest BCUT2D eigenvalue weighted by Gasteiger charge is -2.06. The number of nitrogens with one attached hydrogen (secondary N) is 1. The van der Waals surface area contributed by atoms with Gasteiger partial charge in [-0.25, -0.2) is 13.6 Å². The molecule has 1 aromatic heterocycles. The molecule has 21 heavy (non-hydrogen) atoms. The molecule has 7 heteroatoms. The number of anilines is 2. The number of nitrogens with zero attached hydrogens (tertiary/aromatic N) is 1. The molecule has 0 aliphatic rings. The summed E-state index contributed by atoms with van der Waals surface area (Å²) in [6, 6.07) is 8.86. The summed E-state index contributed by atoms with van der Waals surface area (Å²) < 4.78 is 32.2. The molecule has 3 aromatic rings. The number of hydrogen-bond donors (Lipinski definition) is 1. The molecular formula is C14H7F2IN2O2. The summed E-state index contributed by atoms with van der Waals surface area (Å²) in [5.41, 5.74) is -0.0680. The van der Waals surface area contributed by atoms with E-state index in [2.05, 4.69) is 32.9 Å². The number of para-hydroxylation sites is 1. The quantitative estimate of drug-likeness (QED) is 0.665. The molecule has 0 saturated heterocycles. The first-order valence-electron chi connectivity index (χ1n) is 5.86. The van der Waals surface area contributed by atoms with Crippen molar-refractivity contribution in [3.8, 4) is 0 Å². The van der Waals surface area contributed by atoms with E-state index in [0.717, 1.165) is 15.7 Å². The van der Waals surface area contributed by atoms with Gasteiger partial charge in [-0.3, -0.25) is 0 Å². The minimum absolute atomic E-state index is 0.0265. The zero-order valence-corrected chi connectivity index (χ0v) is 12.5. The van der Waals surface area contributed by atoms with Crippen LogP contribution in [0.25, 0.3) is 10.9 Å². The van der Waals surface area contributed by atoms with Gasteiger partial charge in [0.05, 0.1) is 16.6 Å². The van der Waals surface area contributed by atoms with Crippen LogP contribution in [0.1, 0.15) is 0 Å². The Kier molecular flexibility index (Phi) is 3.58. The Morgan fingerprint density at radius 2 is 1.86 bits per heavy atom. The average molecular weight is 400 g/mol. The SMILES string of the molecule is O=c1oc(Nc2ccccc2I)nc2cc(F)c(F)cc12. The molecule has 0 aliphatic heterocycles. The van der Waals surface area contributed by atoms with Crippen molar-refractivity contribution in [1.29, 1.82) is 0 Å². The highest BCUT2D eigenvalue weighted by atomic mass is 127. The smallest absolute Gasteiger partial charge is 0.348 e. The summed E-state index contributed by atoms with van der Waals surface area (Å²) in [4.78, 5) is 15.8. The first-order valence-corrected chi connectivity index (χ1v) is 6.94. The Hall–Kier alpha value is -2.03. The van der Waals surface area contributed by atoms with Crippen LogP contribution in [0.15, 0.2) is 45.6 Å². The minimum Gasteiger partial charge on any atom is -0.388 e. The van der Waals surface area contributed by atoms with Gasteiger partial charge in [-0.1, -0.05) is 12.1 Å². The lowest BCUT2D eigenvalue weighted by molar-refractivity contribution is 0.503. The van der Waals surface area contributed by atoms with Crippen molar-refractivity contribution in [3.05, 3.63) is 62.0 Å². The summed E-state index contributed by atoms with van der Waals surface area (Å²) in [6.07, 6.45) is 0. The first kappa shape index (κ1) is 13.9. The van der Waals surface area contributed by atoms with Crippen molar-refractivity contribution in [2.75, 3.05) is 5.32 Å². The van der Waals surface area contributed by atoms with Crippen LogP contribution in [-0.4, -0.2) is 4.98 Å². The third kappa shape index (κ3) is 2.73. The van der Waals surface area contributed by atoms with E-state index in [1.165, 1.54) is 0 Å². The largest absolute Gasteiger partial charge is 0.388 e. The van der Waals surface area contributed by atoms with Crippen LogP contribution in [0.4, 0.5) is 20.5 Å². The van der Waals surface area contributed by atoms with Crippen LogP contribution < -0.4 is 10.9 Å². The summed E-state index contributed by atoms with van der Waals surface area (Å²) >= 11 is 2.10. The zero-order chi connectivity index (χ0) is 15.0. The third-order valence-electron chi connectivity index (χ3n) is 2.79. The Morgan fingerprint density at radius 1 is 1.14 bits per heavy atom. The van der Waals surface area contributed by atoms with E-state index >= 15 is 0 Å². The third-order valence-corrected chi connectivity index (χ3v) is 3.73. The Labute approximate surface area is 130 Å². The second-order valence-corrected chi connectivity index (χ2v) is 5.36. The van der Waals surface area contributed by atoms with E-state index in [1.54, 1.807) is 12.1 Å². The Morgan fingerprint density at radius 3 is 2.62 bits per heavy atom. The fourth-order valence-corrected chi connectivity index (χ4v) is 2.32. The van der Waals surface area contributed by atoms with Crippen molar-refractivity contribution < 1.29 is 13.2 Å². The average Bonchev–Trinajstić information content (AvgIpc) is 2.44. The van der Waals surface area contributed by atoms with Gasteiger partial charge in [-0.2, -0.15) is 4.98 Å². The van der Waals surface area contributed by atoms with E-state index in [-0.39, 0.29) is 16.9 Å². The number of halogens is 3. The van der Waals surface area contributed by atoms with Crippen LogP contribution in [0.3, 0.4) is 0 Å². The highest BCUT2D eigenvalue weighted by Gasteiger charge is 2.12. The standard InChI is InChI=1S/C14H7F2IN2O2/c15-8-5-7-12(6-9(8)16)19-14(21-13(7)20)18-11-4-2-1-3-10(11)17/h1-6H,(H,18,19). The molecule has 0 radical (unpaired) electrons. The van der Waals surface area contributed by atoms with Crippen LogP contribution in [0.2, 0.25) is 0 Å². The number of rotatable bonds is 2. The summed E-state index contributed by atoms with van der Waals surface area (Å²) in [5.74, 6) is -2.18. The molecular weight excluding hydrogens is 393 g/mol. The fourth-order valence-electron chi connectivity index (χ4n) is 1.80. The predicted octanol–water partition coefficient (Wildman–Crippen LogP) is 3.81. The molecule has 0 bridgehead atoms. The van der Waals surface area contributed by atoms with Crippen molar-refractivity contribution in [1.82, 2.24) is 4.98 Å². The first-order chi connectivity index (χ1) is 10.0. The summed E-state index contributed by atoms with van der Waals surface area (Å²) in [5, 5.41) is 2.73. The van der Waals surface area contributed by atoms with Gasteiger partial charge in [0.2, 0.25) is 0 Å². The van der Waals surface area contributed by atoms with Crippen LogP contribution in [0.5, 0.6) is 0 Å². The van der Waals surface area contributed by atoms with Gasteiger partial charge < -0.3 is 9.73 Å². The van der Waals surface area contributed by atoms with Crippen molar-refractivity contribution in [3.63, 3.8) is 0 Å². The summed E-state index contributed by atoms with van der Waals surface area (Å²) in [7, 11) is 0. The fraction of sp³-hybridized carbons (Fsp3) is 0. The van der Waals surface area contributed by atoms with Gasteiger partial charge in [0.15, 0.2) is 11.6 Å². The maximum absolute atomic E-state index is 13.2. The molecule has 4 nitrogen and oxygen atoms in total.